The highest BCUT2D eigenvalue weighted by Gasteiger charge is 2.12. The summed E-state index contributed by atoms with van der Waals surface area (Å²) in [6, 6.07) is 13.6. The van der Waals surface area contributed by atoms with Crippen molar-refractivity contribution < 1.29 is 4.74 Å². The largest absolute Gasteiger partial charge is 0.495 e. The van der Waals surface area contributed by atoms with Crippen LogP contribution in [-0.4, -0.2) is 23.2 Å². The number of nitrogens with zero attached hydrogens (tertiary/aromatic N) is 2. The van der Waals surface area contributed by atoms with E-state index in [1.165, 1.54) is 10.1 Å². The van der Waals surface area contributed by atoms with Crippen molar-refractivity contribution in [3.8, 4) is 11.4 Å². The second-order valence-electron chi connectivity index (χ2n) is 5.89. The van der Waals surface area contributed by atoms with Crippen molar-refractivity contribution in [3.63, 3.8) is 0 Å². The van der Waals surface area contributed by atoms with E-state index < -0.39 is 0 Å². The Bertz CT molecular complexity index is 955. The number of benzene rings is 2. The third kappa shape index (κ3) is 3.89. The van der Waals surface area contributed by atoms with Crippen LogP contribution < -0.4 is 15.6 Å². The molecule has 1 heterocycles. The number of aryl methyl sites for hydroxylation is 1. The van der Waals surface area contributed by atoms with Gasteiger partial charge in [0.2, 0.25) is 0 Å². The number of hydrogen-bond acceptors (Lipinski definition) is 4. The fourth-order valence-corrected chi connectivity index (χ4v) is 2.85. The van der Waals surface area contributed by atoms with Gasteiger partial charge in [0.1, 0.15) is 5.75 Å². The van der Waals surface area contributed by atoms with E-state index in [9.17, 15) is 4.79 Å². The Morgan fingerprint density at radius 1 is 1.23 bits per heavy atom. The molecule has 26 heavy (non-hydrogen) atoms. The first-order valence-electron chi connectivity index (χ1n) is 8.30. The van der Waals surface area contributed by atoms with Crippen LogP contribution in [0.5, 0.6) is 5.75 Å². The first-order valence-corrected chi connectivity index (χ1v) is 8.68. The van der Waals surface area contributed by atoms with Crippen LogP contribution in [0.15, 0.2) is 59.7 Å². The second-order valence-corrected chi connectivity index (χ2v) is 6.29. The van der Waals surface area contributed by atoms with Crippen molar-refractivity contribution in [2.24, 2.45) is 0 Å². The summed E-state index contributed by atoms with van der Waals surface area (Å²) in [6.45, 7) is 2.50. The van der Waals surface area contributed by atoms with Crippen molar-refractivity contribution in [1.29, 1.82) is 0 Å². The topological polar surface area (TPSA) is 56.1 Å². The molecule has 0 saturated heterocycles. The van der Waals surface area contributed by atoms with Gasteiger partial charge in [0.15, 0.2) is 5.82 Å². The van der Waals surface area contributed by atoms with Crippen LogP contribution in [-0.2, 0) is 6.42 Å². The van der Waals surface area contributed by atoms with Gasteiger partial charge in [0.25, 0.3) is 5.56 Å². The molecule has 3 aromatic rings. The number of anilines is 1. The molecule has 2 aromatic carbocycles. The zero-order valence-corrected chi connectivity index (χ0v) is 15.5. The minimum absolute atomic E-state index is 0.236. The Hall–Kier alpha value is -2.79. The number of ether oxygens (including phenoxy) is 1. The van der Waals surface area contributed by atoms with Gasteiger partial charge in [-0.3, -0.25) is 9.36 Å². The molecular formula is C20H20ClN3O2. The van der Waals surface area contributed by atoms with Crippen LogP contribution in [0.2, 0.25) is 5.02 Å². The van der Waals surface area contributed by atoms with Crippen LogP contribution in [0, 0.1) is 6.92 Å². The van der Waals surface area contributed by atoms with E-state index in [-0.39, 0.29) is 5.56 Å². The van der Waals surface area contributed by atoms with Gasteiger partial charge >= 0.3 is 0 Å². The fraction of sp³-hybridized carbons (Fsp3) is 0.200. The van der Waals surface area contributed by atoms with E-state index in [0.29, 0.717) is 28.8 Å². The standard InChI is InChI=1S/C20H20ClN3O2/c1-14-12-17(18(26-2)13-16(14)21)24-11-10-23-19(20(24)25)22-9-8-15-6-4-3-5-7-15/h3-7,10-13H,8-9H2,1-2H3,(H,22,23). The highest BCUT2D eigenvalue weighted by molar-refractivity contribution is 6.31. The van der Waals surface area contributed by atoms with Crippen molar-refractivity contribution >= 4 is 17.4 Å². The van der Waals surface area contributed by atoms with Crippen LogP contribution in [0.4, 0.5) is 5.82 Å². The smallest absolute Gasteiger partial charge is 0.297 e. The summed E-state index contributed by atoms with van der Waals surface area (Å²) in [6.07, 6.45) is 4.02. The van der Waals surface area contributed by atoms with E-state index >= 15 is 0 Å². The van der Waals surface area contributed by atoms with Gasteiger partial charge in [-0.2, -0.15) is 0 Å². The number of hydrogen-bond donors (Lipinski definition) is 1. The SMILES string of the molecule is COc1cc(Cl)c(C)cc1-n1ccnc(NCCc2ccccc2)c1=O. The maximum atomic E-state index is 12.8. The lowest BCUT2D eigenvalue weighted by molar-refractivity contribution is 0.412. The molecule has 1 aromatic heterocycles. The van der Waals surface area contributed by atoms with Gasteiger partial charge in [-0.25, -0.2) is 4.98 Å². The molecule has 0 aliphatic heterocycles. The van der Waals surface area contributed by atoms with Crippen molar-refractivity contribution in [1.82, 2.24) is 9.55 Å². The Labute approximate surface area is 157 Å². The first-order chi connectivity index (χ1) is 12.6. The van der Waals surface area contributed by atoms with Crippen LogP contribution in [0.3, 0.4) is 0 Å². The predicted molar refractivity (Wildman–Crippen MR) is 105 cm³/mol. The molecular weight excluding hydrogens is 350 g/mol. The van der Waals surface area contributed by atoms with Gasteiger partial charge in [-0.1, -0.05) is 41.9 Å². The summed E-state index contributed by atoms with van der Waals surface area (Å²) in [5, 5.41) is 3.72. The van der Waals surface area contributed by atoms with Crippen molar-refractivity contribution in [2.75, 3.05) is 19.0 Å². The van der Waals surface area contributed by atoms with Gasteiger partial charge in [0, 0.05) is 30.0 Å². The number of methoxy groups -OCH3 is 1. The maximum absolute atomic E-state index is 12.8. The summed E-state index contributed by atoms with van der Waals surface area (Å²) >= 11 is 6.16. The molecule has 0 bridgehead atoms. The normalized spacial score (nSPS) is 10.6. The van der Waals surface area contributed by atoms with Crippen molar-refractivity contribution in [2.45, 2.75) is 13.3 Å². The Kier molecular flexibility index (Phi) is 5.58. The monoisotopic (exact) mass is 369 g/mol. The van der Waals surface area contributed by atoms with E-state index in [4.69, 9.17) is 16.3 Å². The van der Waals surface area contributed by atoms with E-state index in [0.717, 1.165) is 12.0 Å². The molecule has 0 aliphatic carbocycles. The Balaban J connectivity index is 1.86. The lowest BCUT2D eigenvalue weighted by Gasteiger charge is -2.14. The summed E-state index contributed by atoms with van der Waals surface area (Å²) in [4.78, 5) is 17.0. The quantitative estimate of drug-likeness (QED) is 0.716. The van der Waals surface area contributed by atoms with Crippen LogP contribution >= 0.6 is 11.6 Å². The lowest BCUT2D eigenvalue weighted by atomic mass is 10.1. The molecule has 0 atom stereocenters. The highest BCUT2D eigenvalue weighted by Crippen LogP contribution is 2.28. The van der Waals surface area contributed by atoms with Crippen LogP contribution in [0.1, 0.15) is 11.1 Å². The maximum Gasteiger partial charge on any atom is 0.297 e. The summed E-state index contributed by atoms with van der Waals surface area (Å²) in [5.74, 6) is 0.835. The van der Waals surface area contributed by atoms with E-state index in [1.807, 2.05) is 31.2 Å². The minimum Gasteiger partial charge on any atom is -0.495 e. The van der Waals surface area contributed by atoms with Crippen molar-refractivity contribution in [3.05, 3.63) is 81.4 Å². The van der Waals surface area contributed by atoms with Gasteiger partial charge in [-0.15, -0.1) is 0 Å². The molecule has 6 heteroatoms. The van der Waals surface area contributed by atoms with Gasteiger partial charge in [-0.05, 0) is 30.5 Å². The molecule has 3 rings (SSSR count). The van der Waals surface area contributed by atoms with E-state index in [1.54, 1.807) is 25.6 Å². The number of rotatable bonds is 6. The van der Waals surface area contributed by atoms with E-state index in [2.05, 4.69) is 22.4 Å². The molecule has 0 unspecified atom stereocenters. The zero-order valence-electron chi connectivity index (χ0n) is 14.7. The second kappa shape index (κ2) is 8.06. The minimum atomic E-state index is -0.236. The fourth-order valence-electron chi connectivity index (χ4n) is 2.69. The summed E-state index contributed by atoms with van der Waals surface area (Å²) in [5.41, 5.74) is 2.46. The molecule has 5 nitrogen and oxygen atoms in total. The molecule has 0 spiro atoms. The zero-order chi connectivity index (χ0) is 18.5. The molecule has 0 fully saturated rings. The molecule has 134 valence electrons. The van der Waals surface area contributed by atoms with Crippen LogP contribution in [0.25, 0.3) is 5.69 Å². The third-order valence-electron chi connectivity index (χ3n) is 4.11. The molecule has 1 N–H and O–H groups in total. The predicted octanol–water partition coefficient (Wildman–Crippen LogP) is 3.86. The average molecular weight is 370 g/mol. The van der Waals surface area contributed by atoms with Gasteiger partial charge in [0.05, 0.1) is 12.8 Å². The molecule has 0 aliphatic rings. The Morgan fingerprint density at radius 2 is 2.00 bits per heavy atom. The first kappa shape index (κ1) is 18.0. The Morgan fingerprint density at radius 3 is 2.73 bits per heavy atom. The molecule has 0 amide bonds. The lowest BCUT2D eigenvalue weighted by Crippen LogP contribution is -2.24. The molecule has 0 saturated carbocycles. The summed E-state index contributed by atoms with van der Waals surface area (Å²) in [7, 11) is 1.55. The number of halogens is 1. The highest BCUT2D eigenvalue weighted by atomic mass is 35.5. The number of aromatic nitrogens is 2. The average Bonchev–Trinajstić information content (AvgIpc) is 2.66. The summed E-state index contributed by atoms with van der Waals surface area (Å²) < 4.78 is 6.90. The molecule has 0 radical (unpaired) electrons. The van der Waals surface area contributed by atoms with Gasteiger partial charge < -0.3 is 10.1 Å². The number of nitrogens with one attached hydrogen (secondary N) is 1. The third-order valence-corrected chi connectivity index (χ3v) is 4.52.